The fourth-order valence-corrected chi connectivity index (χ4v) is 4.02. The second-order valence-electron chi connectivity index (χ2n) is 4.03. The maximum absolute atomic E-state index is 12.4. The van der Waals surface area contributed by atoms with E-state index in [1.54, 1.807) is 18.8 Å². The third-order valence-corrected chi connectivity index (χ3v) is 5.50. The van der Waals surface area contributed by atoms with Crippen molar-refractivity contribution < 1.29 is 13.5 Å². The van der Waals surface area contributed by atoms with Gasteiger partial charge >= 0.3 is 0 Å². The van der Waals surface area contributed by atoms with E-state index in [0.717, 1.165) is 12.2 Å². The number of rotatable bonds is 6. The van der Waals surface area contributed by atoms with Crippen molar-refractivity contribution in [1.82, 2.24) is 4.31 Å². The van der Waals surface area contributed by atoms with Gasteiger partial charge in [-0.1, -0.05) is 6.92 Å². The Labute approximate surface area is 113 Å². The first kappa shape index (κ1) is 15.3. The van der Waals surface area contributed by atoms with E-state index in [1.165, 1.54) is 28.6 Å². The number of sulfonamides is 1. The van der Waals surface area contributed by atoms with Crippen LogP contribution in [0.4, 0.5) is 0 Å². The Morgan fingerprint density at radius 2 is 1.89 bits per heavy atom. The van der Waals surface area contributed by atoms with Crippen LogP contribution in [0.5, 0.6) is 5.75 Å². The Bertz CT molecular complexity index is 471. The third-order valence-electron chi connectivity index (χ3n) is 2.86. The average molecular weight is 289 g/mol. The molecule has 0 aliphatic rings. The first-order valence-corrected chi connectivity index (χ1v) is 8.52. The predicted octanol–water partition coefficient (Wildman–Crippen LogP) is 2.15. The van der Waals surface area contributed by atoms with Gasteiger partial charge in [0, 0.05) is 18.8 Å². The number of hydrogen-bond acceptors (Lipinski definition) is 4. The molecule has 6 heteroatoms. The van der Waals surface area contributed by atoms with E-state index in [1.807, 2.05) is 13.2 Å². The van der Waals surface area contributed by atoms with Crippen LogP contribution in [-0.2, 0) is 10.0 Å². The SMILES string of the molecule is CCC(CSC)N(C)S(=O)(=O)c1ccc(O)cc1. The lowest BCUT2D eigenvalue weighted by Gasteiger charge is -2.26. The molecular weight excluding hydrogens is 270 g/mol. The van der Waals surface area contributed by atoms with Gasteiger partial charge in [-0.3, -0.25) is 0 Å². The minimum atomic E-state index is -3.48. The zero-order valence-corrected chi connectivity index (χ0v) is 12.5. The molecule has 0 heterocycles. The van der Waals surface area contributed by atoms with Gasteiger partial charge in [0.2, 0.25) is 10.0 Å². The van der Waals surface area contributed by atoms with Gasteiger partial charge in [-0.15, -0.1) is 0 Å². The van der Waals surface area contributed by atoms with Gasteiger partial charge in [0.05, 0.1) is 4.90 Å². The number of nitrogens with zero attached hydrogens (tertiary/aromatic N) is 1. The van der Waals surface area contributed by atoms with Crippen LogP contribution in [0, 0.1) is 0 Å². The molecule has 18 heavy (non-hydrogen) atoms. The molecule has 0 aromatic heterocycles. The van der Waals surface area contributed by atoms with Crippen molar-refractivity contribution >= 4 is 21.8 Å². The second-order valence-corrected chi connectivity index (χ2v) is 6.94. The second kappa shape index (κ2) is 6.45. The lowest BCUT2D eigenvalue weighted by atomic mass is 10.3. The van der Waals surface area contributed by atoms with Gasteiger partial charge in [0.15, 0.2) is 0 Å². The Morgan fingerprint density at radius 1 is 1.33 bits per heavy atom. The average Bonchev–Trinajstić information content (AvgIpc) is 2.35. The van der Waals surface area contributed by atoms with Gasteiger partial charge in [-0.05, 0) is 36.9 Å². The molecule has 0 bridgehead atoms. The van der Waals surface area contributed by atoms with Crippen LogP contribution in [-0.4, -0.2) is 42.9 Å². The molecule has 0 saturated heterocycles. The molecular formula is C12H19NO3S2. The van der Waals surface area contributed by atoms with E-state index in [-0.39, 0.29) is 16.7 Å². The first-order valence-electron chi connectivity index (χ1n) is 5.69. The molecule has 0 fully saturated rings. The van der Waals surface area contributed by atoms with Crippen LogP contribution in [0.1, 0.15) is 13.3 Å². The molecule has 4 nitrogen and oxygen atoms in total. The standard InChI is InChI=1S/C12H19NO3S2/c1-4-10(9-17-3)13(2)18(15,16)12-7-5-11(14)6-8-12/h5-8,10,14H,4,9H2,1-3H3. The van der Waals surface area contributed by atoms with Crippen LogP contribution in [0.15, 0.2) is 29.2 Å². The van der Waals surface area contributed by atoms with Crippen molar-refractivity contribution in [2.45, 2.75) is 24.3 Å². The summed E-state index contributed by atoms with van der Waals surface area (Å²) >= 11 is 1.63. The molecule has 0 aliphatic carbocycles. The number of hydrogen-bond donors (Lipinski definition) is 1. The fourth-order valence-electron chi connectivity index (χ4n) is 1.65. The predicted molar refractivity (Wildman–Crippen MR) is 75.5 cm³/mol. The van der Waals surface area contributed by atoms with E-state index < -0.39 is 10.0 Å². The van der Waals surface area contributed by atoms with E-state index >= 15 is 0 Å². The quantitative estimate of drug-likeness (QED) is 0.872. The lowest BCUT2D eigenvalue weighted by Crippen LogP contribution is -2.38. The maximum Gasteiger partial charge on any atom is 0.243 e. The van der Waals surface area contributed by atoms with Crippen molar-refractivity contribution in [2.75, 3.05) is 19.1 Å². The Hall–Kier alpha value is -0.720. The summed E-state index contributed by atoms with van der Waals surface area (Å²) in [5, 5.41) is 9.19. The van der Waals surface area contributed by atoms with E-state index in [0.29, 0.717) is 0 Å². The number of benzene rings is 1. The molecule has 1 aromatic rings. The van der Waals surface area contributed by atoms with Crippen LogP contribution in [0.25, 0.3) is 0 Å². The van der Waals surface area contributed by atoms with Crippen LogP contribution in [0.3, 0.4) is 0 Å². The number of phenols is 1. The van der Waals surface area contributed by atoms with Gasteiger partial charge in [0.1, 0.15) is 5.75 Å². The molecule has 1 unspecified atom stereocenters. The van der Waals surface area contributed by atoms with Crippen LogP contribution >= 0.6 is 11.8 Å². The highest BCUT2D eigenvalue weighted by atomic mass is 32.2. The summed E-state index contributed by atoms with van der Waals surface area (Å²) in [6, 6.07) is 5.60. The molecule has 1 aromatic carbocycles. The van der Waals surface area contributed by atoms with Crippen LogP contribution in [0.2, 0.25) is 0 Å². The summed E-state index contributed by atoms with van der Waals surface area (Å²) in [5.74, 6) is 0.831. The summed E-state index contributed by atoms with van der Waals surface area (Å²) in [6.45, 7) is 1.98. The van der Waals surface area contributed by atoms with Crippen LogP contribution < -0.4 is 0 Å². The number of aromatic hydroxyl groups is 1. The van der Waals surface area contributed by atoms with E-state index in [9.17, 15) is 13.5 Å². The van der Waals surface area contributed by atoms with Gasteiger partial charge in [0.25, 0.3) is 0 Å². The molecule has 0 aliphatic heterocycles. The monoisotopic (exact) mass is 289 g/mol. The fraction of sp³-hybridized carbons (Fsp3) is 0.500. The normalized spacial score (nSPS) is 13.8. The van der Waals surface area contributed by atoms with Gasteiger partial charge in [-0.25, -0.2) is 8.42 Å². The van der Waals surface area contributed by atoms with Crippen molar-refractivity contribution in [3.63, 3.8) is 0 Å². The molecule has 0 saturated carbocycles. The lowest BCUT2D eigenvalue weighted by molar-refractivity contribution is 0.385. The highest BCUT2D eigenvalue weighted by molar-refractivity contribution is 7.98. The summed E-state index contributed by atoms with van der Waals surface area (Å²) in [6.07, 6.45) is 2.73. The topological polar surface area (TPSA) is 57.6 Å². The molecule has 102 valence electrons. The smallest absolute Gasteiger partial charge is 0.243 e. The number of thioether (sulfide) groups is 1. The summed E-state index contributed by atoms with van der Waals surface area (Å²) in [7, 11) is -1.88. The Kier molecular flexibility index (Phi) is 5.49. The van der Waals surface area contributed by atoms with Crippen molar-refractivity contribution in [3.8, 4) is 5.75 Å². The van der Waals surface area contributed by atoms with Gasteiger partial charge < -0.3 is 5.11 Å². The number of phenolic OH excluding ortho intramolecular Hbond substituents is 1. The largest absolute Gasteiger partial charge is 0.508 e. The summed E-state index contributed by atoms with van der Waals surface area (Å²) < 4.78 is 26.1. The van der Waals surface area contributed by atoms with Crippen molar-refractivity contribution in [3.05, 3.63) is 24.3 Å². The zero-order chi connectivity index (χ0) is 13.8. The third kappa shape index (κ3) is 3.40. The minimum absolute atomic E-state index is 0.0150. The molecule has 1 rings (SSSR count). The Morgan fingerprint density at radius 3 is 2.33 bits per heavy atom. The molecule has 1 atom stereocenters. The highest BCUT2D eigenvalue weighted by Gasteiger charge is 2.26. The summed E-state index contributed by atoms with van der Waals surface area (Å²) in [5.41, 5.74) is 0. The zero-order valence-electron chi connectivity index (χ0n) is 10.8. The molecule has 0 spiro atoms. The first-order chi connectivity index (χ1) is 8.43. The molecule has 0 amide bonds. The maximum atomic E-state index is 12.4. The highest BCUT2D eigenvalue weighted by Crippen LogP contribution is 2.21. The molecule has 0 radical (unpaired) electrons. The van der Waals surface area contributed by atoms with Gasteiger partial charge in [-0.2, -0.15) is 16.1 Å². The van der Waals surface area contributed by atoms with Crippen molar-refractivity contribution in [2.24, 2.45) is 0 Å². The van der Waals surface area contributed by atoms with E-state index in [2.05, 4.69) is 0 Å². The summed E-state index contributed by atoms with van der Waals surface area (Å²) in [4.78, 5) is 0.211. The Balaban J connectivity index is 3.01. The van der Waals surface area contributed by atoms with E-state index in [4.69, 9.17) is 0 Å². The molecule has 1 N–H and O–H groups in total. The minimum Gasteiger partial charge on any atom is -0.508 e. The van der Waals surface area contributed by atoms with Crippen molar-refractivity contribution in [1.29, 1.82) is 0 Å².